The lowest BCUT2D eigenvalue weighted by atomic mass is 10.1. The van der Waals surface area contributed by atoms with Crippen molar-refractivity contribution >= 4 is 17.3 Å². The highest BCUT2D eigenvalue weighted by molar-refractivity contribution is 6.32. The Hall–Kier alpha value is -1.94. The maximum absolute atomic E-state index is 9.83. The van der Waals surface area contributed by atoms with Crippen molar-refractivity contribution in [3.63, 3.8) is 0 Å². The maximum atomic E-state index is 9.83. The van der Waals surface area contributed by atoms with Crippen LogP contribution in [-0.2, 0) is 0 Å². The van der Waals surface area contributed by atoms with E-state index in [0.717, 1.165) is 5.56 Å². The van der Waals surface area contributed by atoms with Gasteiger partial charge in [0.1, 0.15) is 11.5 Å². The van der Waals surface area contributed by atoms with Gasteiger partial charge in [-0.15, -0.1) is 0 Å². The summed E-state index contributed by atoms with van der Waals surface area (Å²) in [6.45, 7) is 3.74. The van der Waals surface area contributed by atoms with Gasteiger partial charge in [0.2, 0.25) is 0 Å². The fourth-order valence-electron chi connectivity index (χ4n) is 1.97. The molecule has 1 heterocycles. The Morgan fingerprint density at radius 3 is 2.42 bits per heavy atom. The first-order chi connectivity index (χ1) is 9.00. The fraction of sp³-hybridized carbons (Fsp3) is 0.214. The number of nitrogens with one attached hydrogen (secondary N) is 1. The smallest absolute Gasteiger partial charge is 0.152 e. The Bertz CT molecular complexity index is 561. The molecule has 5 heteroatoms. The molecule has 0 amide bonds. The number of nitrogens with zero attached hydrogens (tertiary/aromatic N) is 1. The lowest BCUT2D eigenvalue weighted by molar-refractivity contribution is 0.434. The summed E-state index contributed by atoms with van der Waals surface area (Å²) < 4.78 is 0. The molecule has 0 aliphatic carbocycles. The SMILES string of the molecule is Cc1ccnc(Cl)c1NC(C)c1c(O)cccc1O. The zero-order valence-corrected chi connectivity index (χ0v) is 11.4. The molecule has 2 rings (SSSR count). The first kappa shape index (κ1) is 13.5. The van der Waals surface area contributed by atoms with Crippen LogP contribution in [0, 0.1) is 6.92 Å². The van der Waals surface area contributed by atoms with E-state index in [4.69, 9.17) is 11.6 Å². The Balaban J connectivity index is 2.34. The van der Waals surface area contributed by atoms with E-state index in [-0.39, 0.29) is 17.5 Å². The van der Waals surface area contributed by atoms with Crippen LogP contribution in [0.25, 0.3) is 0 Å². The lowest BCUT2D eigenvalue weighted by Crippen LogP contribution is -2.09. The van der Waals surface area contributed by atoms with Crippen LogP contribution in [-0.4, -0.2) is 15.2 Å². The quantitative estimate of drug-likeness (QED) is 0.750. The fourth-order valence-corrected chi connectivity index (χ4v) is 2.23. The number of aromatic nitrogens is 1. The van der Waals surface area contributed by atoms with Crippen LogP contribution in [0.5, 0.6) is 11.5 Å². The number of aromatic hydroxyl groups is 2. The highest BCUT2D eigenvalue weighted by Crippen LogP contribution is 2.35. The molecule has 19 heavy (non-hydrogen) atoms. The summed E-state index contributed by atoms with van der Waals surface area (Å²) >= 11 is 6.04. The maximum Gasteiger partial charge on any atom is 0.152 e. The monoisotopic (exact) mass is 278 g/mol. The average molecular weight is 279 g/mol. The van der Waals surface area contributed by atoms with Crippen molar-refractivity contribution in [2.75, 3.05) is 5.32 Å². The highest BCUT2D eigenvalue weighted by atomic mass is 35.5. The summed E-state index contributed by atoms with van der Waals surface area (Å²) in [6, 6.07) is 6.19. The molecule has 1 atom stereocenters. The van der Waals surface area contributed by atoms with Crippen molar-refractivity contribution in [1.82, 2.24) is 4.98 Å². The topological polar surface area (TPSA) is 65.4 Å². The van der Waals surface area contributed by atoms with Gasteiger partial charge in [-0.05, 0) is 37.6 Å². The van der Waals surface area contributed by atoms with Crippen LogP contribution in [0.3, 0.4) is 0 Å². The summed E-state index contributed by atoms with van der Waals surface area (Å²) in [4.78, 5) is 4.01. The van der Waals surface area contributed by atoms with E-state index in [1.807, 2.05) is 19.9 Å². The molecular formula is C14H15ClN2O2. The second kappa shape index (κ2) is 5.36. The zero-order chi connectivity index (χ0) is 14.0. The summed E-state index contributed by atoms with van der Waals surface area (Å²) in [7, 11) is 0. The number of anilines is 1. The van der Waals surface area contributed by atoms with Crippen LogP contribution < -0.4 is 5.32 Å². The number of hydrogen-bond donors (Lipinski definition) is 3. The zero-order valence-electron chi connectivity index (χ0n) is 10.7. The molecule has 0 radical (unpaired) electrons. The van der Waals surface area contributed by atoms with Gasteiger partial charge in [-0.1, -0.05) is 17.7 Å². The summed E-state index contributed by atoms with van der Waals surface area (Å²) in [6.07, 6.45) is 1.63. The molecule has 1 aromatic carbocycles. The van der Waals surface area contributed by atoms with Gasteiger partial charge < -0.3 is 15.5 Å². The third kappa shape index (κ3) is 2.74. The molecule has 0 saturated heterocycles. The number of phenolic OH excluding ortho intramolecular Hbond substituents is 2. The van der Waals surface area contributed by atoms with Crippen molar-refractivity contribution in [2.24, 2.45) is 0 Å². The Kier molecular flexibility index (Phi) is 3.81. The Labute approximate surface area is 116 Å². The molecule has 0 aliphatic rings. The number of benzene rings is 1. The number of phenols is 2. The Morgan fingerprint density at radius 1 is 1.21 bits per heavy atom. The number of rotatable bonds is 3. The largest absolute Gasteiger partial charge is 0.507 e. The third-order valence-electron chi connectivity index (χ3n) is 2.97. The second-order valence-corrected chi connectivity index (χ2v) is 4.73. The average Bonchev–Trinajstić information content (AvgIpc) is 2.34. The van der Waals surface area contributed by atoms with Gasteiger partial charge in [0, 0.05) is 6.20 Å². The van der Waals surface area contributed by atoms with Crippen LogP contribution in [0.2, 0.25) is 5.15 Å². The third-order valence-corrected chi connectivity index (χ3v) is 3.25. The van der Waals surface area contributed by atoms with E-state index in [1.54, 1.807) is 12.3 Å². The van der Waals surface area contributed by atoms with Crippen molar-refractivity contribution in [3.8, 4) is 11.5 Å². The highest BCUT2D eigenvalue weighted by Gasteiger charge is 2.17. The first-order valence-corrected chi connectivity index (χ1v) is 6.27. The van der Waals surface area contributed by atoms with E-state index in [2.05, 4.69) is 10.3 Å². The van der Waals surface area contributed by atoms with Crippen LogP contribution in [0.1, 0.15) is 24.1 Å². The standard InChI is InChI=1S/C14H15ClN2O2/c1-8-6-7-16-14(15)13(8)17-9(2)12-10(18)4-3-5-11(12)19/h3-7,9,17-19H,1-2H3. The molecular weight excluding hydrogens is 264 g/mol. The van der Waals surface area contributed by atoms with E-state index in [9.17, 15) is 10.2 Å². The minimum Gasteiger partial charge on any atom is -0.507 e. The molecule has 0 spiro atoms. The van der Waals surface area contributed by atoms with E-state index in [0.29, 0.717) is 16.4 Å². The van der Waals surface area contributed by atoms with Gasteiger partial charge in [-0.3, -0.25) is 0 Å². The van der Waals surface area contributed by atoms with Gasteiger partial charge in [0.05, 0.1) is 17.3 Å². The number of aryl methyl sites for hydroxylation is 1. The van der Waals surface area contributed by atoms with E-state index in [1.165, 1.54) is 12.1 Å². The molecule has 2 aromatic rings. The molecule has 0 aliphatic heterocycles. The lowest BCUT2D eigenvalue weighted by Gasteiger charge is -2.19. The van der Waals surface area contributed by atoms with Crippen LogP contribution in [0.4, 0.5) is 5.69 Å². The first-order valence-electron chi connectivity index (χ1n) is 5.89. The van der Waals surface area contributed by atoms with Crippen molar-refractivity contribution < 1.29 is 10.2 Å². The molecule has 1 aromatic heterocycles. The minimum atomic E-state index is -0.304. The minimum absolute atomic E-state index is 0.0395. The van der Waals surface area contributed by atoms with Gasteiger partial charge in [-0.25, -0.2) is 4.98 Å². The van der Waals surface area contributed by atoms with Crippen molar-refractivity contribution in [1.29, 1.82) is 0 Å². The van der Waals surface area contributed by atoms with Gasteiger partial charge in [0.25, 0.3) is 0 Å². The molecule has 0 bridgehead atoms. The van der Waals surface area contributed by atoms with Gasteiger partial charge >= 0.3 is 0 Å². The molecule has 100 valence electrons. The number of halogens is 1. The van der Waals surface area contributed by atoms with E-state index < -0.39 is 0 Å². The predicted molar refractivity (Wildman–Crippen MR) is 75.8 cm³/mol. The van der Waals surface area contributed by atoms with Gasteiger partial charge in [0.15, 0.2) is 5.15 Å². The second-order valence-electron chi connectivity index (χ2n) is 4.37. The Morgan fingerprint density at radius 2 is 1.84 bits per heavy atom. The van der Waals surface area contributed by atoms with Crippen molar-refractivity contribution in [2.45, 2.75) is 19.9 Å². The molecule has 0 fully saturated rings. The summed E-state index contributed by atoms with van der Waals surface area (Å²) in [5.41, 5.74) is 2.07. The summed E-state index contributed by atoms with van der Waals surface area (Å²) in [5.74, 6) is 0.0790. The van der Waals surface area contributed by atoms with E-state index >= 15 is 0 Å². The molecule has 1 unspecified atom stereocenters. The molecule has 3 N–H and O–H groups in total. The predicted octanol–water partition coefficient (Wildman–Crippen LogP) is 3.63. The van der Waals surface area contributed by atoms with Crippen LogP contribution >= 0.6 is 11.6 Å². The van der Waals surface area contributed by atoms with Crippen LogP contribution in [0.15, 0.2) is 30.5 Å². The number of pyridine rings is 1. The normalized spacial score (nSPS) is 12.2. The van der Waals surface area contributed by atoms with Gasteiger partial charge in [-0.2, -0.15) is 0 Å². The molecule has 4 nitrogen and oxygen atoms in total. The van der Waals surface area contributed by atoms with Crippen molar-refractivity contribution in [3.05, 3.63) is 46.7 Å². The molecule has 0 saturated carbocycles. The summed E-state index contributed by atoms with van der Waals surface area (Å²) in [5, 5.41) is 23.2. The number of hydrogen-bond acceptors (Lipinski definition) is 4.